The van der Waals surface area contributed by atoms with E-state index in [1.54, 1.807) is 0 Å². The molecule has 0 amide bonds. The molecule has 1 unspecified atom stereocenters. The number of hydrogen-bond acceptors (Lipinski definition) is 3. The summed E-state index contributed by atoms with van der Waals surface area (Å²) in [4.78, 5) is 2.78. The third-order valence-electron chi connectivity index (χ3n) is 4.07. The molecule has 3 atom stereocenters. The van der Waals surface area contributed by atoms with Gasteiger partial charge in [-0.3, -0.25) is 4.90 Å². The molecule has 0 bridgehead atoms. The van der Waals surface area contributed by atoms with Crippen molar-refractivity contribution in [3.8, 4) is 0 Å². The van der Waals surface area contributed by atoms with Gasteiger partial charge in [-0.2, -0.15) is 11.8 Å². The van der Waals surface area contributed by atoms with Gasteiger partial charge in [0.15, 0.2) is 0 Å². The first-order valence-electron chi connectivity index (χ1n) is 5.96. The average Bonchev–Trinajstić information content (AvgIpc) is 2.78. The summed E-state index contributed by atoms with van der Waals surface area (Å²) in [5.41, 5.74) is 0. The zero-order chi connectivity index (χ0) is 9.38. The van der Waals surface area contributed by atoms with Crippen LogP contribution in [0.1, 0.15) is 12.8 Å². The van der Waals surface area contributed by atoms with E-state index in [0.717, 1.165) is 17.9 Å². The maximum Gasteiger partial charge on any atom is 0.0186 e. The van der Waals surface area contributed by atoms with E-state index in [2.05, 4.69) is 22.0 Å². The van der Waals surface area contributed by atoms with E-state index in [1.165, 1.54) is 50.5 Å². The molecule has 3 aliphatic rings. The second kappa shape index (κ2) is 4.03. The lowest BCUT2D eigenvalue weighted by molar-refractivity contribution is 0.230. The monoisotopic (exact) mass is 212 g/mol. The average molecular weight is 212 g/mol. The highest BCUT2D eigenvalue weighted by atomic mass is 32.2. The Morgan fingerprint density at radius 3 is 2.57 bits per heavy atom. The van der Waals surface area contributed by atoms with Crippen molar-refractivity contribution in [2.24, 2.45) is 11.8 Å². The summed E-state index contributed by atoms with van der Waals surface area (Å²) in [6, 6.07) is 0.916. The molecule has 0 spiro atoms. The van der Waals surface area contributed by atoms with Crippen LogP contribution in [0.3, 0.4) is 0 Å². The van der Waals surface area contributed by atoms with Crippen LogP contribution >= 0.6 is 11.8 Å². The van der Waals surface area contributed by atoms with Gasteiger partial charge in [0.2, 0.25) is 0 Å². The van der Waals surface area contributed by atoms with Gasteiger partial charge in [0.25, 0.3) is 0 Å². The second-order valence-electron chi connectivity index (χ2n) is 5.00. The number of nitrogens with one attached hydrogen (secondary N) is 1. The van der Waals surface area contributed by atoms with Gasteiger partial charge in [0, 0.05) is 24.9 Å². The quantitative estimate of drug-likeness (QED) is 0.699. The van der Waals surface area contributed by atoms with E-state index in [4.69, 9.17) is 0 Å². The normalized spacial score (nSPS) is 44.1. The zero-order valence-corrected chi connectivity index (χ0v) is 9.56. The lowest BCUT2D eigenvalue weighted by Crippen LogP contribution is -2.38. The molecule has 3 saturated heterocycles. The Labute approximate surface area is 90.8 Å². The molecular weight excluding hydrogens is 192 g/mol. The molecule has 3 heteroatoms. The molecule has 3 rings (SSSR count). The maximum absolute atomic E-state index is 3.52. The number of likely N-dealkylation sites (tertiary alicyclic amines) is 1. The summed E-state index contributed by atoms with van der Waals surface area (Å²) < 4.78 is 0. The molecule has 0 aromatic carbocycles. The molecular formula is C11H20N2S. The summed E-state index contributed by atoms with van der Waals surface area (Å²) in [5.74, 6) is 4.75. The fraction of sp³-hybridized carbons (Fsp3) is 1.00. The maximum atomic E-state index is 3.52. The predicted molar refractivity (Wildman–Crippen MR) is 61.8 cm³/mol. The first-order valence-corrected chi connectivity index (χ1v) is 7.11. The van der Waals surface area contributed by atoms with Crippen LogP contribution in [0.4, 0.5) is 0 Å². The molecule has 80 valence electrons. The van der Waals surface area contributed by atoms with Crippen molar-refractivity contribution in [3.63, 3.8) is 0 Å². The third-order valence-corrected chi connectivity index (χ3v) is 5.27. The smallest absolute Gasteiger partial charge is 0.0186 e. The second-order valence-corrected chi connectivity index (χ2v) is 6.15. The number of rotatable bonds is 1. The van der Waals surface area contributed by atoms with Crippen molar-refractivity contribution in [2.75, 3.05) is 37.7 Å². The van der Waals surface area contributed by atoms with Crippen LogP contribution in [0.5, 0.6) is 0 Å². The van der Waals surface area contributed by atoms with Crippen LogP contribution in [0.2, 0.25) is 0 Å². The summed E-state index contributed by atoms with van der Waals surface area (Å²) in [5, 5.41) is 3.52. The van der Waals surface area contributed by atoms with E-state index in [9.17, 15) is 0 Å². The SMILES string of the molecule is C1CSCC(N2C[C@H]3CNC[C@H]3C2)C1. The van der Waals surface area contributed by atoms with Crippen molar-refractivity contribution >= 4 is 11.8 Å². The van der Waals surface area contributed by atoms with E-state index in [0.29, 0.717) is 0 Å². The first-order chi connectivity index (χ1) is 6.93. The molecule has 14 heavy (non-hydrogen) atoms. The molecule has 2 nitrogen and oxygen atoms in total. The Bertz CT molecular complexity index is 191. The van der Waals surface area contributed by atoms with Crippen LogP contribution in [0.15, 0.2) is 0 Å². The van der Waals surface area contributed by atoms with Gasteiger partial charge in [0.1, 0.15) is 0 Å². The molecule has 0 saturated carbocycles. The molecule has 3 heterocycles. The molecule has 1 N–H and O–H groups in total. The van der Waals surface area contributed by atoms with Gasteiger partial charge >= 0.3 is 0 Å². The van der Waals surface area contributed by atoms with Gasteiger partial charge < -0.3 is 5.32 Å². The molecule has 0 radical (unpaired) electrons. The van der Waals surface area contributed by atoms with Crippen molar-refractivity contribution in [1.82, 2.24) is 10.2 Å². The minimum absolute atomic E-state index is 0.916. The lowest BCUT2D eigenvalue weighted by atomic mass is 10.0. The third kappa shape index (κ3) is 1.70. The highest BCUT2D eigenvalue weighted by Crippen LogP contribution is 2.31. The predicted octanol–water partition coefficient (Wildman–Crippen LogP) is 1.03. The molecule has 3 aliphatic heterocycles. The van der Waals surface area contributed by atoms with Crippen LogP contribution in [0.25, 0.3) is 0 Å². The van der Waals surface area contributed by atoms with Gasteiger partial charge in [-0.15, -0.1) is 0 Å². The van der Waals surface area contributed by atoms with Gasteiger partial charge in [-0.05, 0) is 43.5 Å². The highest BCUT2D eigenvalue weighted by Gasteiger charge is 2.38. The highest BCUT2D eigenvalue weighted by molar-refractivity contribution is 7.99. The Morgan fingerprint density at radius 2 is 1.93 bits per heavy atom. The van der Waals surface area contributed by atoms with Crippen LogP contribution in [0, 0.1) is 11.8 Å². The van der Waals surface area contributed by atoms with E-state index >= 15 is 0 Å². The van der Waals surface area contributed by atoms with Crippen molar-refractivity contribution in [3.05, 3.63) is 0 Å². The number of nitrogens with zero attached hydrogens (tertiary/aromatic N) is 1. The molecule has 0 aliphatic carbocycles. The van der Waals surface area contributed by atoms with Crippen molar-refractivity contribution in [2.45, 2.75) is 18.9 Å². The van der Waals surface area contributed by atoms with Gasteiger partial charge in [-0.25, -0.2) is 0 Å². The van der Waals surface area contributed by atoms with E-state index in [1.807, 2.05) is 0 Å². The number of fused-ring (bicyclic) bond motifs is 1. The van der Waals surface area contributed by atoms with Crippen molar-refractivity contribution in [1.29, 1.82) is 0 Å². The van der Waals surface area contributed by atoms with Gasteiger partial charge in [-0.1, -0.05) is 0 Å². The molecule has 3 fully saturated rings. The minimum Gasteiger partial charge on any atom is -0.316 e. The Hall–Kier alpha value is 0.270. The summed E-state index contributed by atoms with van der Waals surface area (Å²) in [7, 11) is 0. The Balaban J connectivity index is 1.59. The topological polar surface area (TPSA) is 15.3 Å². The van der Waals surface area contributed by atoms with Crippen LogP contribution in [-0.2, 0) is 0 Å². The van der Waals surface area contributed by atoms with Crippen LogP contribution < -0.4 is 5.32 Å². The van der Waals surface area contributed by atoms with E-state index in [-0.39, 0.29) is 0 Å². The fourth-order valence-electron chi connectivity index (χ4n) is 3.20. The van der Waals surface area contributed by atoms with Crippen molar-refractivity contribution < 1.29 is 0 Å². The van der Waals surface area contributed by atoms with E-state index < -0.39 is 0 Å². The van der Waals surface area contributed by atoms with Gasteiger partial charge in [0.05, 0.1) is 0 Å². The molecule has 0 aromatic heterocycles. The summed E-state index contributed by atoms with van der Waals surface area (Å²) >= 11 is 2.16. The number of thioether (sulfide) groups is 1. The molecule has 0 aromatic rings. The number of hydrogen-bond donors (Lipinski definition) is 1. The summed E-state index contributed by atoms with van der Waals surface area (Å²) in [6.07, 6.45) is 2.90. The first kappa shape index (κ1) is 9.49. The fourth-order valence-corrected chi connectivity index (χ4v) is 4.39. The Morgan fingerprint density at radius 1 is 1.14 bits per heavy atom. The standard InChI is InChI=1S/C11H20N2S/c1-2-11(8-14-3-1)13-6-9-4-12-5-10(9)7-13/h9-12H,1-8H2/t9-,10+,11?. The lowest BCUT2D eigenvalue weighted by Gasteiger charge is -2.31. The largest absolute Gasteiger partial charge is 0.316 e. The minimum atomic E-state index is 0.916. The zero-order valence-electron chi connectivity index (χ0n) is 8.74. The Kier molecular flexibility index (Phi) is 2.73. The van der Waals surface area contributed by atoms with Crippen LogP contribution in [-0.4, -0.2) is 48.6 Å². The summed E-state index contributed by atoms with van der Waals surface area (Å²) in [6.45, 7) is 5.31.